The number of hydrogen-bond acceptors (Lipinski definition) is 6. The molecule has 3 atom stereocenters. The molecule has 1 amide bonds. The first-order valence-corrected chi connectivity index (χ1v) is 12.2. The number of allylic oxidation sites excluding steroid dienone is 2. The van der Waals surface area contributed by atoms with Gasteiger partial charge in [0.1, 0.15) is 12.3 Å². The predicted molar refractivity (Wildman–Crippen MR) is 136 cm³/mol. The predicted octanol–water partition coefficient (Wildman–Crippen LogP) is 4.24. The van der Waals surface area contributed by atoms with E-state index in [-0.39, 0.29) is 5.91 Å². The molecule has 2 aliphatic rings. The van der Waals surface area contributed by atoms with Crippen molar-refractivity contribution in [1.82, 2.24) is 19.7 Å². The normalized spacial score (nSPS) is 21.9. The Balaban J connectivity index is 1.31. The molecule has 36 heavy (non-hydrogen) atoms. The van der Waals surface area contributed by atoms with Gasteiger partial charge in [0.25, 0.3) is 5.91 Å². The number of methoxy groups -OCH3 is 1. The summed E-state index contributed by atoms with van der Waals surface area (Å²) < 4.78 is 26.9. The molecule has 0 saturated carbocycles. The van der Waals surface area contributed by atoms with Crippen LogP contribution in [0.15, 0.2) is 55.0 Å². The van der Waals surface area contributed by atoms with Gasteiger partial charge in [0.15, 0.2) is 11.5 Å². The van der Waals surface area contributed by atoms with Crippen molar-refractivity contribution in [2.45, 2.75) is 32.0 Å². The molecular weight excluding hydrogens is 461 g/mol. The van der Waals surface area contributed by atoms with Gasteiger partial charge in [-0.3, -0.25) is 9.20 Å². The van der Waals surface area contributed by atoms with Crippen molar-refractivity contribution < 1.29 is 18.7 Å². The molecule has 1 aliphatic carbocycles. The first kappa shape index (κ1) is 24.1. The second-order valence-corrected chi connectivity index (χ2v) is 9.19. The lowest BCUT2D eigenvalue weighted by Crippen LogP contribution is -2.33. The lowest BCUT2D eigenvalue weighted by atomic mass is 10.0. The van der Waals surface area contributed by atoms with E-state index in [9.17, 15) is 9.18 Å². The molecule has 1 saturated heterocycles. The van der Waals surface area contributed by atoms with E-state index in [1.807, 2.05) is 35.6 Å². The van der Waals surface area contributed by atoms with Crippen LogP contribution in [-0.4, -0.2) is 59.4 Å². The molecule has 5 rings (SSSR count). The maximum Gasteiger partial charge on any atom is 0.251 e. The molecular formula is C27H30FN5O3. The Hall–Kier alpha value is -3.56. The number of imidazole rings is 1. The van der Waals surface area contributed by atoms with Crippen LogP contribution in [0, 0.1) is 12.8 Å². The third-order valence-corrected chi connectivity index (χ3v) is 6.65. The van der Waals surface area contributed by atoms with E-state index in [0.717, 1.165) is 42.0 Å². The molecule has 8 nitrogen and oxygen atoms in total. The minimum absolute atomic E-state index is 0.0848. The van der Waals surface area contributed by atoms with Gasteiger partial charge < -0.3 is 20.1 Å². The topological polar surface area (TPSA) is 89.8 Å². The summed E-state index contributed by atoms with van der Waals surface area (Å²) in [5.41, 5.74) is 4.38. The van der Waals surface area contributed by atoms with Gasteiger partial charge in [0.05, 0.1) is 18.5 Å². The number of rotatable bonds is 7. The van der Waals surface area contributed by atoms with Gasteiger partial charge in [0.2, 0.25) is 0 Å². The number of amides is 1. The average Bonchev–Trinajstić information content (AvgIpc) is 3.33. The number of alkyl halides is 1. The van der Waals surface area contributed by atoms with Crippen molar-refractivity contribution in [2.24, 2.45) is 5.92 Å². The van der Waals surface area contributed by atoms with Gasteiger partial charge in [-0.15, -0.1) is 0 Å². The van der Waals surface area contributed by atoms with E-state index >= 15 is 0 Å². The van der Waals surface area contributed by atoms with Gasteiger partial charge >= 0.3 is 0 Å². The van der Waals surface area contributed by atoms with E-state index in [1.54, 1.807) is 30.7 Å². The summed E-state index contributed by atoms with van der Waals surface area (Å²) in [5.74, 6) is 0.843. The van der Waals surface area contributed by atoms with Crippen molar-refractivity contribution in [3.63, 3.8) is 0 Å². The highest BCUT2D eigenvalue weighted by Crippen LogP contribution is 2.28. The van der Waals surface area contributed by atoms with Gasteiger partial charge in [-0.2, -0.15) is 0 Å². The fourth-order valence-electron chi connectivity index (χ4n) is 4.66. The summed E-state index contributed by atoms with van der Waals surface area (Å²) in [6.07, 6.45) is 10.6. The lowest BCUT2D eigenvalue weighted by molar-refractivity contribution is 0.0536. The van der Waals surface area contributed by atoms with Gasteiger partial charge in [0, 0.05) is 43.9 Å². The number of carbonyl (C=O) groups is 1. The third kappa shape index (κ3) is 5.03. The Bertz CT molecular complexity index is 1310. The smallest absolute Gasteiger partial charge is 0.251 e. The molecule has 2 N–H and O–H groups in total. The molecule has 1 aromatic carbocycles. The lowest BCUT2D eigenvalue weighted by Gasteiger charge is -2.22. The Morgan fingerprint density at radius 1 is 1.33 bits per heavy atom. The van der Waals surface area contributed by atoms with E-state index in [4.69, 9.17) is 9.47 Å². The van der Waals surface area contributed by atoms with Crippen LogP contribution in [0.5, 0.6) is 0 Å². The van der Waals surface area contributed by atoms with E-state index in [2.05, 4.69) is 20.6 Å². The number of fused-ring (bicyclic) bond motifs is 1. The zero-order valence-electron chi connectivity index (χ0n) is 20.4. The summed E-state index contributed by atoms with van der Waals surface area (Å²) in [4.78, 5) is 21.7. The molecule has 1 fully saturated rings. The van der Waals surface area contributed by atoms with Crippen molar-refractivity contribution in [3.05, 3.63) is 71.8 Å². The zero-order chi connectivity index (χ0) is 25.1. The molecule has 3 unspecified atom stereocenters. The number of aromatic nitrogens is 3. The van der Waals surface area contributed by atoms with E-state index in [0.29, 0.717) is 36.1 Å². The first-order valence-electron chi connectivity index (χ1n) is 12.2. The number of carbonyl (C=O) groups excluding carboxylic acids is 1. The van der Waals surface area contributed by atoms with Crippen LogP contribution in [0.1, 0.15) is 34.5 Å². The molecule has 0 radical (unpaired) electrons. The highest BCUT2D eigenvalue weighted by molar-refractivity contribution is 5.96. The Morgan fingerprint density at radius 2 is 2.22 bits per heavy atom. The van der Waals surface area contributed by atoms with Gasteiger partial charge in [-0.25, -0.2) is 14.4 Å². The number of benzene rings is 1. The molecule has 2 aromatic heterocycles. The third-order valence-electron chi connectivity index (χ3n) is 6.65. The van der Waals surface area contributed by atoms with Crippen LogP contribution in [-0.2, 0) is 9.47 Å². The molecule has 0 bridgehead atoms. The van der Waals surface area contributed by atoms with Crippen LogP contribution >= 0.6 is 0 Å². The van der Waals surface area contributed by atoms with Crippen LogP contribution in [0.25, 0.3) is 11.2 Å². The van der Waals surface area contributed by atoms with Crippen LogP contribution in [0.2, 0.25) is 0 Å². The molecule has 3 aromatic rings. The minimum atomic E-state index is -1.23. The number of halogens is 1. The fourth-order valence-corrected chi connectivity index (χ4v) is 4.66. The number of anilines is 2. The second kappa shape index (κ2) is 10.6. The molecule has 188 valence electrons. The molecule has 1 aliphatic heterocycles. The van der Waals surface area contributed by atoms with E-state index in [1.165, 1.54) is 7.11 Å². The van der Waals surface area contributed by atoms with Crippen molar-refractivity contribution in [3.8, 4) is 0 Å². The molecule has 0 spiro atoms. The summed E-state index contributed by atoms with van der Waals surface area (Å²) in [5, 5.41) is 6.34. The number of hydrogen-bond donors (Lipinski definition) is 2. The average molecular weight is 492 g/mol. The highest BCUT2D eigenvalue weighted by atomic mass is 19.1. The number of aryl methyl sites for hydroxylation is 1. The Morgan fingerprint density at radius 3 is 2.97 bits per heavy atom. The SMILES string of the molecule is COC1C=CC(c2cnc3c(Nc4ccc(C(=O)NCC5CCCOC5)c(C)c4)nccn23)=CC1F. The van der Waals surface area contributed by atoms with Gasteiger partial charge in [-0.1, -0.05) is 12.2 Å². The van der Waals surface area contributed by atoms with Crippen molar-refractivity contribution >= 4 is 28.6 Å². The Labute approximate surface area is 209 Å². The standard InChI is InChI=1S/C27H30FN5O3/c1-17-12-20(6-7-21(17)27(34)31-14-18-4-3-11-36-16-18)32-25-26-30-15-23(33(26)10-9-29-25)19-5-8-24(35-2)22(28)13-19/h5-10,12-13,15,18,22,24H,3-4,11,14,16H2,1-2H3,(H,29,32)(H,31,34). The second-order valence-electron chi connectivity index (χ2n) is 9.19. The zero-order valence-corrected chi connectivity index (χ0v) is 20.4. The maximum absolute atomic E-state index is 14.4. The number of ether oxygens (including phenoxy) is 2. The number of nitrogens with zero attached hydrogens (tertiary/aromatic N) is 3. The largest absolute Gasteiger partial charge is 0.381 e. The van der Waals surface area contributed by atoms with Crippen molar-refractivity contribution in [1.29, 1.82) is 0 Å². The summed E-state index contributed by atoms with van der Waals surface area (Å²) in [6, 6.07) is 5.58. The van der Waals surface area contributed by atoms with Crippen molar-refractivity contribution in [2.75, 3.05) is 32.2 Å². The molecule has 9 heteroatoms. The molecule has 3 heterocycles. The summed E-state index contributed by atoms with van der Waals surface area (Å²) >= 11 is 0. The van der Waals surface area contributed by atoms with Crippen LogP contribution < -0.4 is 10.6 Å². The summed E-state index contributed by atoms with van der Waals surface area (Å²) in [6.45, 7) is 4.04. The van der Waals surface area contributed by atoms with Crippen LogP contribution in [0.4, 0.5) is 15.9 Å². The maximum atomic E-state index is 14.4. The first-order chi connectivity index (χ1) is 17.5. The van der Waals surface area contributed by atoms with E-state index < -0.39 is 12.3 Å². The minimum Gasteiger partial charge on any atom is -0.381 e. The quantitative estimate of drug-likeness (QED) is 0.514. The number of nitrogens with one attached hydrogen (secondary N) is 2. The van der Waals surface area contributed by atoms with Crippen LogP contribution in [0.3, 0.4) is 0 Å². The fraction of sp³-hybridized carbons (Fsp3) is 0.370. The summed E-state index contributed by atoms with van der Waals surface area (Å²) in [7, 11) is 1.49. The van der Waals surface area contributed by atoms with Gasteiger partial charge in [-0.05, 0) is 61.1 Å². The Kier molecular flexibility index (Phi) is 7.11. The monoisotopic (exact) mass is 491 g/mol. The highest BCUT2D eigenvalue weighted by Gasteiger charge is 2.22.